The molecule has 0 aliphatic heterocycles. The number of rotatable bonds is 2. The monoisotopic (exact) mass is 277 g/mol. The van der Waals surface area contributed by atoms with Gasteiger partial charge in [-0.05, 0) is 15.9 Å². The first kappa shape index (κ1) is 14.1. The molecule has 0 radical (unpaired) electrons. The number of hydrogen-bond donors (Lipinski definition) is 0. The number of aryl methyl sites for hydroxylation is 1. The third-order valence-corrected chi connectivity index (χ3v) is 2.13. The first-order valence-corrected chi connectivity index (χ1v) is 5.37. The van der Waals surface area contributed by atoms with Crippen molar-refractivity contribution in [1.29, 1.82) is 0 Å². The molecule has 0 saturated carbocycles. The van der Waals surface area contributed by atoms with Crippen LogP contribution in [-0.2, 0) is 11.9 Å². The molecule has 0 aromatic carbocycles. The average molecular weight is 278 g/mol. The SMILES string of the molecule is CC.CON(C)C(=O)c1nn(C)cc1Br. The number of carbonyl (C=O) groups is 1. The van der Waals surface area contributed by atoms with Crippen molar-refractivity contribution < 1.29 is 9.63 Å². The molecule has 0 spiro atoms. The highest BCUT2D eigenvalue weighted by Crippen LogP contribution is 2.15. The van der Waals surface area contributed by atoms with Gasteiger partial charge in [-0.2, -0.15) is 5.10 Å². The predicted octanol–water partition coefficient (Wildman–Crippen LogP) is 1.84. The highest BCUT2D eigenvalue weighted by molar-refractivity contribution is 9.10. The lowest BCUT2D eigenvalue weighted by Crippen LogP contribution is -2.26. The molecule has 0 fully saturated rings. The van der Waals surface area contributed by atoms with Gasteiger partial charge >= 0.3 is 0 Å². The zero-order chi connectivity index (χ0) is 12.0. The van der Waals surface area contributed by atoms with Crippen molar-refractivity contribution >= 4 is 21.8 Å². The smallest absolute Gasteiger partial charge is 0.274 e. The number of aromatic nitrogens is 2. The van der Waals surface area contributed by atoms with E-state index in [1.807, 2.05) is 13.8 Å². The molecule has 0 bridgehead atoms. The summed E-state index contributed by atoms with van der Waals surface area (Å²) in [5, 5.41) is 5.10. The highest BCUT2D eigenvalue weighted by atomic mass is 79.9. The summed E-state index contributed by atoms with van der Waals surface area (Å²) in [6, 6.07) is 0. The Morgan fingerprint density at radius 1 is 1.60 bits per heavy atom. The van der Waals surface area contributed by atoms with Crippen molar-refractivity contribution in [3.05, 3.63) is 16.4 Å². The Bertz CT molecular complexity index is 325. The molecule has 0 unspecified atom stereocenters. The zero-order valence-corrected chi connectivity index (χ0v) is 11.2. The van der Waals surface area contributed by atoms with Crippen LogP contribution >= 0.6 is 15.9 Å². The molecule has 6 heteroatoms. The standard InChI is InChI=1S/C7H10BrN3O2.C2H6/c1-10-4-5(8)6(9-10)7(12)11(2)13-3;1-2/h4H,1-3H3;1-2H3. The summed E-state index contributed by atoms with van der Waals surface area (Å²) in [7, 11) is 4.70. The van der Waals surface area contributed by atoms with Crippen LogP contribution in [0.4, 0.5) is 0 Å². The summed E-state index contributed by atoms with van der Waals surface area (Å²) in [6.07, 6.45) is 1.71. The summed E-state index contributed by atoms with van der Waals surface area (Å²) >= 11 is 3.23. The second-order valence-electron chi connectivity index (χ2n) is 2.48. The van der Waals surface area contributed by atoms with E-state index in [1.54, 1.807) is 17.9 Å². The molecule has 1 aromatic heterocycles. The van der Waals surface area contributed by atoms with Gasteiger partial charge < -0.3 is 0 Å². The lowest BCUT2D eigenvalue weighted by atomic mass is 10.4. The van der Waals surface area contributed by atoms with E-state index >= 15 is 0 Å². The highest BCUT2D eigenvalue weighted by Gasteiger charge is 2.18. The summed E-state index contributed by atoms with van der Waals surface area (Å²) in [5.74, 6) is -0.282. The van der Waals surface area contributed by atoms with E-state index in [9.17, 15) is 4.79 Å². The van der Waals surface area contributed by atoms with Crippen molar-refractivity contribution in [2.45, 2.75) is 13.8 Å². The fraction of sp³-hybridized carbons (Fsp3) is 0.556. The fourth-order valence-electron chi connectivity index (χ4n) is 0.837. The lowest BCUT2D eigenvalue weighted by molar-refractivity contribution is -0.0761. The van der Waals surface area contributed by atoms with Crippen molar-refractivity contribution in [2.24, 2.45) is 7.05 Å². The van der Waals surface area contributed by atoms with Gasteiger partial charge in [0.2, 0.25) is 0 Å². The van der Waals surface area contributed by atoms with Crippen molar-refractivity contribution in [2.75, 3.05) is 14.2 Å². The van der Waals surface area contributed by atoms with Gasteiger partial charge in [0.05, 0.1) is 11.6 Å². The Balaban J connectivity index is 0.000000921. The molecule has 0 saturated heterocycles. The van der Waals surface area contributed by atoms with Crippen LogP contribution in [0.25, 0.3) is 0 Å². The Labute approximate surface area is 98.1 Å². The van der Waals surface area contributed by atoms with E-state index in [4.69, 9.17) is 4.84 Å². The van der Waals surface area contributed by atoms with Crippen LogP contribution in [0.1, 0.15) is 24.3 Å². The van der Waals surface area contributed by atoms with Crippen LogP contribution < -0.4 is 0 Å². The van der Waals surface area contributed by atoms with E-state index in [2.05, 4.69) is 21.0 Å². The van der Waals surface area contributed by atoms with Crippen LogP contribution in [0.3, 0.4) is 0 Å². The summed E-state index contributed by atoms with van der Waals surface area (Å²) in [5.41, 5.74) is 0.340. The van der Waals surface area contributed by atoms with Crippen LogP contribution in [0.2, 0.25) is 0 Å². The molecule has 1 heterocycles. The summed E-state index contributed by atoms with van der Waals surface area (Å²) < 4.78 is 2.21. The normalized spacial score (nSPS) is 9.20. The maximum Gasteiger partial charge on any atom is 0.298 e. The van der Waals surface area contributed by atoms with Crippen LogP contribution in [0.15, 0.2) is 10.7 Å². The Kier molecular flexibility index (Phi) is 6.19. The number of hydrogen-bond acceptors (Lipinski definition) is 3. The second-order valence-corrected chi connectivity index (χ2v) is 3.34. The fourth-order valence-corrected chi connectivity index (χ4v) is 1.38. The van der Waals surface area contributed by atoms with E-state index in [0.29, 0.717) is 10.2 Å². The molecular formula is C9H16BrN3O2. The first-order chi connectivity index (χ1) is 7.06. The van der Waals surface area contributed by atoms with Gasteiger partial charge in [0.25, 0.3) is 5.91 Å². The minimum atomic E-state index is -0.282. The van der Waals surface area contributed by atoms with Crippen molar-refractivity contribution in [1.82, 2.24) is 14.8 Å². The van der Waals surface area contributed by atoms with Crippen molar-refractivity contribution in [3.8, 4) is 0 Å². The third-order valence-electron chi connectivity index (χ3n) is 1.55. The maximum absolute atomic E-state index is 11.5. The van der Waals surface area contributed by atoms with Gasteiger partial charge in [-0.3, -0.25) is 14.3 Å². The average Bonchev–Trinajstić information content (AvgIpc) is 2.58. The predicted molar refractivity (Wildman–Crippen MR) is 61.4 cm³/mol. The molecule has 5 nitrogen and oxygen atoms in total. The number of hydroxylamine groups is 2. The van der Waals surface area contributed by atoms with Crippen LogP contribution in [-0.4, -0.2) is 34.9 Å². The van der Waals surface area contributed by atoms with E-state index in [1.165, 1.54) is 14.2 Å². The van der Waals surface area contributed by atoms with Gasteiger partial charge in [-0.25, -0.2) is 5.06 Å². The Hall–Kier alpha value is -0.880. The van der Waals surface area contributed by atoms with Gasteiger partial charge in [0.15, 0.2) is 5.69 Å². The molecule has 1 rings (SSSR count). The molecule has 0 N–H and O–H groups in total. The molecule has 86 valence electrons. The number of amides is 1. The van der Waals surface area contributed by atoms with E-state index < -0.39 is 0 Å². The molecule has 0 aliphatic rings. The zero-order valence-electron chi connectivity index (χ0n) is 9.61. The largest absolute Gasteiger partial charge is 0.298 e. The minimum absolute atomic E-state index is 0.282. The van der Waals surface area contributed by atoms with Gasteiger partial charge in [0, 0.05) is 20.3 Å². The second kappa shape index (κ2) is 6.58. The molecule has 15 heavy (non-hydrogen) atoms. The molecule has 0 atom stereocenters. The summed E-state index contributed by atoms with van der Waals surface area (Å²) in [6.45, 7) is 4.00. The molecular weight excluding hydrogens is 262 g/mol. The number of carbonyl (C=O) groups excluding carboxylic acids is 1. The number of halogens is 1. The van der Waals surface area contributed by atoms with Crippen molar-refractivity contribution in [3.63, 3.8) is 0 Å². The van der Waals surface area contributed by atoms with Crippen LogP contribution in [0.5, 0.6) is 0 Å². The topological polar surface area (TPSA) is 47.4 Å². The third kappa shape index (κ3) is 3.64. The van der Waals surface area contributed by atoms with E-state index in [0.717, 1.165) is 5.06 Å². The maximum atomic E-state index is 11.5. The Morgan fingerprint density at radius 3 is 2.47 bits per heavy atom. The molecule has 1 aromatic rings. The van der Waals surface area contributed by atoms with Crippen LogP contribution in [0, 0.1) is 0 Å². The Morgan fingerprint density at radius 2 is 2.13 bits per heavy atom. The van der Waals surface area contributed by atoms with Gasteiger partial charge in [0.1, 0.15) is 0 Å². The number of nitrogens with zero attached hydrogens (tertiary/aromatic N) is 3. The molecule has 0 aliphatic carbocycles. The summed E-state index contributed by atoms with van der Waals surface area (Å²) in [4.78, 5) is 16.2. The van der Waals surface area contributed by atoms with E-state index in [-0.39, 0.29) is 5.91 Å². The first-order valence-electron chi connectivity index (χ1n) is 4.57. The minimum Gasteiger partial charge on any atom is -0.274 e. The lowest BCUT2D eigenvalue weighted by Gasteiger charge is -2.11. The molecule has 1 amide bonds. The van der Waals surface area contributed by atoms with Gasteiger partial charge in [-0.1, -0.05) is 13.8 Å². The van der Waals surface area contributed by atoms with Gasteiger partial charge in [-0.15, -0.1) is 0 Å². The quantitative estimate of drug-likeness (QED) is 0.775.